The highest BCUT2D eigenvalue weighted by atomic mass is 16.2. The summed E-state index contributed by atoms with van der Waals surface area (Å²) < 4.78 is 2.06. The number of carbonyl (C=O) groups excluding carboxylic acids is 1. The zero-order valence-electron chi connectivity index (χ0n) is 19.5. The summed E-state index contributed by atoms with van der Waals surface area (Å²) in [5, 5.41) is 3.31. The number of rotatable bonds is 7. The van der Waals surface area contributed by atoms with Crippen LogP contribution < -0.4 is 5.32 Å². The normalized spacial score (nSPS) is 16.1. The largest absolute Gasteiger partial charge is 0.344 e. The molecular weight excluding hydrogens is 422 g/mol. The quantitative estimate of drug-likeness (QED) is 0.463. The summed E-state index contributed by atoms with van der Waals surface area (Å²) in [6.45, 7) is 6.42. The number of nitrogens with zero attached hydrogens (tertiary/aromatic N) is 4. The minimum absolute atomic E-state index is 0.0616. The first-order chi connectivity index (χ1) is 16.7. The van der Waals surface area contributed by atoms with Crippen molar-refractivity contribution in [1.82, 2.24) is 24.5 Å². The van der Waals surface area contributed by atoms with Crippen LogP contribution in [0.4, 0.5) is 0 Å². The molecule has 0 spiro atoms. The van der Waals surface area contributed by atoms with E-state index in [0.717, 1.165) is 55.2 Å². The number of fused-ring (bicyclic) bond motifs is 1. The maximum atomic E-state index is 13.3. The van der Waals surface area contributed by atoms with E-state index in [4.69, 9.17) is 4.98 Å². The summed E-state index contributed by atoms with van der Waals surface area (Å²) in [7, 11) is 0. The number of nitrogens with one attached hydrogen (secondary N) is 1. The lowest BCUT2D eigenvalue weighted by molar-refractivity contribution is -0.127. The summed E-state index contributed by atoms with van der Waals surface area (Å²) in [6, 6.07) is 26.1. The van der Waals surface area contributed by atoms with Gasteiger partial charge in [0.25, 0.3) is 0 Å². The molecule has 2 aromatic carbocycles. The predicted octanol–water partition coefficient (Wildman–Crippen LogP) is 3.75. The van der Waals surface area contributed by atoms with Gasteiger partial charge in [-0.3, -0.25) is 14.6 Å². The van der Waals surface area contributed by atoms with Crippen LogP contribution in [0.5, 0.6) is 0 Å². The molecule has 34 heavy (non-hydrogen) atoms. The van der Waals surface area contributed by atoms with Gasteiger partial charge in [-0.05, 0) is 30.2 Å². The average Bonchev–Trinajstić information content (AvgIpc) is 3.30. The minimum Gasteiger partial charge on any atom is -0.344 e. The lowest BCUT2D eigenvalue weighted by Gasteiger charge is -2.37. The molecular formula is C28H31N5O. The van der Waals surface area contributed by atoms with Crippen LogP contribution in [0.25, 0.3) is 5.65 Å². The van der Waals surface area contributed by atoms with E-state index in [9.17, 15) is 4.79 Å². The number of benzene rings is 2. The first-order valence-corrected chi connectivity index (χ1v) is 12.0. The number of piperazine rings is 1. The van der Waals surface area contributed by atoms with Gasteiger partial charge in [-0.1, -0.05) is 66.7 Å². The molecule has 2 aromatic heterocycles. The van der Waals surface area contributed by atoms with Crippen molar-refractivity contribution in [2.24, 2.45) is 0 Å². The van der Waals surface area contributed by atoms with Crippen molar-refractivity contribution in [2.45, 2.75) is 25.6 Å². The summed E-state index contributed by atoms with van der Waals surface area (Å²) in [5.74, 6) is 0.0616. The van der Waals surface area contributed by atoms with E-state index in [0.29, 0.717) is 0 Å². The molecule has 1 saturated heterocycles. The van der Waals surface area contributed by atoms with E-state index in [1.807, 2.05) is 67.7 Å². The van der Waals surface area contributed by atoms with E-state index < -0.39 is 0 Å². The molecule has 3 heterocycles. The zero-order valence-corrected chi connectivity index (χ0v) is 19.5. The van der Waals surface area contributed by atoms with Crippen molar-refractivity contribution in [2.75, 3.05) is 26.2 Å². The smallest absolute Gasteiger partial charge is 0.237 e. The van der Waals surface area contributed by atoms with Crippen LogP contribution in [0.3, 0.4) is 0 Å². The van der Waals surface area contributed by atoms with Gasteiger partial charge in [0.1, 0.15) is 5.65 Å². The molecule has 6 nitrogen and oxygen atoms in total. The Labute approximate surface area is 200 Å². The molecule has 0 unspecified atom stereocenters. The summed E-state index contributed by atoms with van der Waals surface area (Å²) >= 11 is 0. The summed E-state index contributed by atoms with van der Waals surface area (Å²) in [6.07, 6.45) is 4.13. The molecule has 0 bridgehead atoms. The molecule has 0 aliphatic carbocycles. The Morgan fingerprint density at radius 1 is 0.882 bits per heavy atom. The summed E-state index contributed by atoms with van der Waals surface area (Å²) in [4.78, 5) is 22.7. The Morgan fingerprint density at radius 3 is 2.12 bits per heavy atom. The van der Waals surface area contributed by atoms with Crippen molar-refractivity contribution in [3.05, 3.63) is 108 Å². The second-order valence-corrected chi connectivity index (χ2v) is 8.95. The fraction of sp³-hybridized carbons (Fsp3) is 0.286. The molecule has 1 fully saturated rings. The van der Waals surface area contributed by atoms with Crippen molar-refractivity contribution in [1.29, 1.82) is 0 Å². The Hall–Kier alpha value is -3.48. The third kappa shape index (κ3) is 5.03. The van der Waals surface area contributed by atoms with E-state index in [2.05, 4.69) is 50.0 Å². The maximum absolute atomic E-state index is 13.3. The van der Waals surface area contributed by atoms with E-state index in [-0.39, 0.29) is 18.0 Å². The van der Waals surface area contributed by atoms with Gasteiger partial charge in [0.2, 0.25) is 5.91 Å². The number of amides is 1. The number of imidazole rings is 1. The minimum atomic E-state index is -0.188. The first-order valence-electron chi connectivity index (χ1n) is 12.0. The third-order valence-electron chi connectivity index (χ3n) is 6.69. The molecule has 0 radical (unpaired) electrons. The van der Waals surface area contributed by atoms with Crippen LogP contribution in [0, 0.1) is 0 Å². The molecule has 6 heteroatoms. The number of hydrogen-bond acceptors (Lipinski definition) is 4. The molecule has 4 aromatic rings. The lowest BCUT2D eigenvalue weighted by atomic mass is 9.98. The van der Waals surface area contributed by atoms with Gasteiger partial charge in [-0.15, -0.1) is 0 Å². The van der Waals surface area contributed by atoms with E-state index in [1.165, 1.54) is 0 Å². The molecule has 1 aliphatic rings. The number of hydrogen-bond donors (Lipinski definition) is 1. The van der Waals surface area contributed by atoms with E-state index >= 15 is 0 Å². The van der Waals surface area contributed by atoms with Crippen molar-refractivity contribution < 1.29 is 4.79 Å². The number of carbonyl (C=O) groups is 1. The average molecular weight is 454 g/mol. The fourth-order valence-electron chi connectivity index (χ4n) is 4.68. The van der Waals surface area contributed by atoms with Gasteiger partial charge in [-0.25, -0.2) is 4.98 Å². The summed E-state index contributed by atoms with van der Waals surface area (Å²) in [5.41, 5.74) is 4.24. The third-order valence-corrected chi connectivity index (χ3v) is 6.69. The van der Waals surface area contributed by atoms with Gasteiger partial charge >= 0.3 is 0 Å². The lowest BCUT2D eigenvalue weighted by Crippen LogP contribution is -2.54. The second kappa shape index (κ2) is 10.2. The Morgan fingerprint density at radius 2 is 1.50 bits per heavy atom. The Bertz CT molecular complexity index is 1140. The maximum Gasteiger partial charge on any atom is 0.237 e. The topological polar surface area (TPSA) is 52.9 Å². The molecule has 1 N–H and O–H groups in total. The van der Waals surface area contributed by atoms with Crippen LogP contribution in [0.2, 0.25) is 0 Å². The van der Waals surface area contributed by atoms with Crippen LogP contribution in [0.1, 0.15) is 29.8 Å². The second-order valence-electron chi connectivity index (χ2n) is 8.95. The number of aromatic nitrogens is 2. The van der Waals surface area contributed by atoms with Gasteiger partial charge < -0.3 is 9.72 Å². The first kappa shape index (κ1) is 22.3. The SMILES string of the molecule is C[C@H](C(=O)NC(c1ccccc1)c1ccccc1)N1CCN(Cc2cn3ccccc3n2)CC1. The molecule has 1 aliphatic heterocycles. The van der Waals surface area contributed by atoms with Crippen molar-refractivity contribution in [3.63, 3.8) is 0 Å². The molecule has 5 rings (SSSR count). The monoisotopic (exact) mass is 453 g/mol. The van der Waals surface area contributed by atoms with Crippen LogP contribution in [-0.4, -0.2) is 57.3 Å². The highest BCUT2D eigenvalue weighted by molar-refractivity contribution is 5.82. The van der Waals surface area contributed by atoms with Crippen LogP contribution in [0.15, 0.2) is 91.3 Å². The van der Waals surface area contributed by atoms with Crippen molar-refractivity contribution in [3.8, 4) is 0 Å². The molecule has 1 atom stereocenters. The molecule has 174 valence electrons. The predicted molar refractivity (Wildman–Crippen MR) is 134 cm³/mol. The van der Waals surface area contributed by atoms with E-state index in [1.54, 1.807) is 0 Å². The standard InChI is InChI=1S/C28H31N5O/c1-22(28(34)30-27(23-10-4-2-5-11-23)24-12-6-3-7-13-24)32-18-16-31(17-19-32)20-25-21-33-15-9-8-14-26(33)29-25/h2-15,21-22,27H,16-20H2,1H3,(H,30,34)/t22-/m1/s1. The fourth-order valence-corrected chi connectivity index (χ4v) is 4.68. The van der Waals surface area contributed by atoms with Crippen molar-refractivity contribution >= 4 is 11.6 Å². The van der Waals surface area contributed by atoms with Crippen LogP contribution in [-0.2, 0) is 11.3 Å². The molecule has 1 amide bonds. The zero-order chi connectivity index (χ0) is 23.3. The van der Waals surface area contributed by atoms with Gasteiger partial charge in [-0.2, -0.15) is 0 Å². The Balaban J connectivity index is 1.19. The highest BCUT2D eigenvalue weighted by Gasteiger charge is 2.28. The molecule has 0 saturated carbocycles. The number of pyridine rings is 1. The van der Waals surface area contributed by atoms with Gasteiger partial charge in [0, 0.05) is 45.1 Å². The highest BCUT2D eigenvalue weighted by Crippen LogP contribution is 2.22. The van der Waals surface area contributed by atoms with Gasteiger partial charge in [0.15, 0.2) is 0 Å². The Kier molecular flexibility index (Phi) is 6.70. The van der Waals surface area contributed by atoms with Gasteiger partial charge in [0.05, 0.1) is 17.8 Å². The van der Waals surface area contributed by atoms with Crippen LogP contribution >= 0.6 is 0 Å².